The van der Waals surface area contributed by atoms with E-state index in [0.29, 0.717) is 6.61 Å². The third-order valence-electron chi connectivity index (χ3n) is 2.19. The smallest absolute Gasteiger partial charge is 0.336 e. The van der Waals surface area contributed by atoms with Crippen LogP contribution in [-0.4, -0.2) is 18.9 Å². The fourth-order valence-electron chi connectivity index (χ4n) is 1.55. The highest BCUT2D eigenvalue weighted by Crippen LogP contribution is 2.27. The minimum absolute atomic E-state index is 0.210. The number of esters is 1. The molecule has 1 atom stereocenters. The number of ether oxygens (including phenoxy) is 2. The number of cyclic esters (lactones) is 1. The largest absolute Gasteiger partial charge is 0.428 e. The molecule has 0 fully saturated rings. The molecule has 0 bridgehead atoms. The van der Waals surface area contributed by atoms with E-state index in [1.165, 1.54) is 0 Å². The van der Waals surface area contributed by atoms with E-state index in [0.717, 1.165) is 24.0 Å². The summed E-state index contributed by atoms with van der Waals surface area (Å²) < 4.78 is 10.4. The second-order valence-corrected chi connectivity index (χ2v) is 2.90. The van der Waals surface area contributed by atoms with Gasteiger partial charge in [-0.2, -0.15) is 0 Å². The fourth-order valence-corrected chi connectivity index (χ4v) is 1.55. The normalized spacial score (nSPS) is 22.4. The molecular formula is C10H16O3. The maximum Gasteiger partial charge on any atom is 0.336 e. The number of carbonyl (C=O) groups excluding carboxylic acids is 1. The summed E-state index contributed by atoms with van der Waals surface area (Å²) in [7, 11) is 0. The van der Waals surface area contributed by atoms with Gasteiger partial charge in [0.15, 0.2) is 0 Å². The van der Waals surface area contributed by atoms with E-state index in [1.807, 2.05) is 20.8 Å². The third-order valence-corrected chi connectivity index (χ3v) is 2.19. The van der Waals surface area contributed by atoms with E-state index in [1.54, 1.807) is 0 Å². The highest BCUT2D eigenvalue weighted by molar-refractivity contribution is 5.91. The Bertz CT molecular complexity index is 230. The van der Waals surface area contributed by atoms with E-state index in [2.05, 4.69) is 0 Å². The summed E-state index contributed by atoms with van der Waals surface area (Å²) in [6.45, 7) is 6.43. The average molecular weight is 184 g/mol. The zero-order valence-corrected chi connectivity index (χ0v) is 8.42. The molecule has 74 valence electrons. The quantitative estimate of drug-likeness (QED) is 0.627. The molecule has 1 rings (SSSR count). The van der Waals surface area contributed by atoms with Crippen molar-refractivity contribution in [2.75, 3.05) is 6.61 Å². The van der Waals surface area contributed by atoms with E-state index in [9.17, 15) is 4.79 Å². The monoisotopic (exact) mass is 184 g/mol. The maximum atomic E-state index is 11.3. The van der Waals surface area contributed by atoms with Gasteiger partial charge in [-0.15, -0.1) is 0 Å². The van der Waals surface area contributed by atoms with Gasteiger partial charge in [-0.3, -0.25) is 0 Å². The molecule has 0 aromatic heterocycles. The Hall–Kier alpha value is -0.830. The van der Waals surface area contributed by atoms with Gasteiger partial charge in [0.05, 0.1) is 0 Å². The first kappa shape index (κ1) is 10.3. The number of carbonyl (C=O) groups is 1. The lowest BCUT2D eigenvalue weighted by Gasteiger charge is -2.11. The highest BCUT2D eigenvalue weighted by Gasteiger charge is 2.31. The molecule has 0 aromatic rings. The predicted molar refractivity (Wildman–Crippen MR) is 49.1 cm³/mol. The van der Waals surface area contributed by atoms with Crippen molar-refractivity contribution in [3.05, 3.63) is 11.1 Å². The Morgan fingerprint density at radius 3 is 2.46 bits per heavy atom. The first-order valence-electron chi connectivity index (χ1n) is 4.79. The summed E-state index contributed by atoms with van der Waals surface area (Å²) in [6, 6.07) is 0. The van der Waals surface area contributed by atoms with Gasteiger partial charge in [-0.25, -0.2) is 4.79 Å². The molecular weight excluding hydrogens is 168 g/mol. The minimum Gasteiger partial charge on any atom is -0.428 e. The Morgan fingerprint density at radius 2 is 2.00 bits per heavy atom. The first-order valence-corrected chi connectivity index (χ1v) is 4.79. The summed E-state index contributed by atoms with van der Waals surface area (Å²) in [5.74, 6) is -0.210. The van der Waals surface area contributed by atoms with Gasteiger partial charge >= 0.3 is 5.97 Å². The molecule has 3 nitrogen and oxygen atoms in total. The Balaban J connectivity index is 2.82. The lowest BCUT2D eigenvalue weighted by atomic mass is 10.1. The number of hydrogen-bond donors (Lipinski definition) is 0. The minimum atomic E-state index is -0.419. The van der Waals surface area contributed by atoms with Crippen LogP contribution in [0.25, 0.3) is 0 Å². The van der Waals surface area contributed by atoms with Crippen molar-refractivity contribution in [1.29, 1.82) is 0 Å². The molecule has 0 spiro atoms. The van der Waals surface area contributed by atoms with Gasteiger partial charge in [-0.1, -0.05) is 13.8 Å². The second kappa shape index (κ2) is 4.42. The van der Waals surface area contributed by atoms with Crippen molar-refractivity contribution in [3.63, 3.8) is 0 Å². The van der Waals surface area contributed by atoms with Crippen LogP contribution >= 0.6 is 0 Å². The van der Waals surface area contributed by atoms with Gasteiger partial charge in [0, 0.05) is 17.8 Å². The molecule has 3 heteroatoms. The van der Waals surface area contributed by atoms with Crippen LogP contribution in [0.15, 0.2) is 11.1 Å². The SMILES string of the molecule is CCOC1OC(=O)C(CC)=C1CC. The molecule has 1 unspecified atom stereocenters. The van der Waals surface area contributed by atoms with Crippen LogP contribution in [0.5, 0.6) is 0 Å². The Labute approximate surface area is 78.7 Å². The van der Waals surface area contributed by atoms with Crippen LogP contribution in [0.3, 0.4) is 0 Å². The lowest BCUT2D eigenvalue weighted by molar-refractivity contribution is -0.159. The fraction of sp³-hybridized carbons (Fsp3) is 0.700. The molecule has 1 aliphatic rings. The number of hydrogen-bond acceptors (Lipinski definition) is 3. The summed E-state index contributed by atoms with van der Waals surface area (Å²) in [4.78, 5) is 11.3. The van der Waals surface area contributed by atoms with Gasteiger partial charge in [0.1, 0.15) is 0 Å². The predicted octanol–water partition coefficient (Wildman–Crippen LogP) is 2.02. The van der Waals surface area contributed by atoms with Gasteiger partial charge < -0.3 is 9.47 Å². The lowest BCUT2D eigenvalue weighted by Crippen LogP contribution is -2.15. The van der Waals surface area contributed by atoms with E-state index < -0.39 is 6.29 Å². The molecule has 0 amide bonds. The van der Waals surface area contributed by atoms with Gasteiger partial charge in [0.2, 0.25) is 6.29 Å². The van der Waals surface area contributed by atoms with Crippen LogP contribution in [0.2, 0.25) is 0 Å². The third kappa shape index (κ3) is 1.91. The summed E-state index contributed by atoms with van der Waals surface area (Å²) in [6.07, 6.45) is 1.13. The summed E-state index contributed by atoms with van der Waals surface area (Å²) in [5.41, 5.74) is 1.80. The molecule has 0 saturated carbocycles. The highest BCUT2D eigenvalue weighted by atomic mass is 16.7. The zero-order chi connectivity index (χ0) is 9.84. The van der Waals surface area contributed by atoms with Crippen LogP contribution in [0, 0.1) is 0 Å². The van der Waals surface area contributed by atoms with Gasteiger partial charge in [-0.05, 0) is 19.8 Å². The first-order chi connectivity index (χ1) is 6.24. The maximum absolute atomic E-state index is 11.3. The molecule has 0 N–H and O–H groups in total. The molecule has 0 aliphatic carbocycles. The molecule has 0 radical (unpaired) electrons. The van der Waals surface area contributed by atoms with Crippen molar-refractivity contribution in [2.45, 2.75) is 39.9 Å². The van der Waals surface area contributed by atoms with Crippen molar-refractivity contribution >= 4 is 5.97 Å². The molecule has 0 saturated heterocycles. The summed E-state index contributed by atoms with van der Waals surface area (Å²) in [5, 5.41) is 0. The van der Waals surface area contributed by atoms with Gasteiger partial charge in [0.25, 0.3) is 0 Å². The Kier molecular flexibility index (Phi) is 3.48. The van der Waals surface area contributed by atoms with Crippen LogP contribution in [0.1, 0.15) is 33.6 Å². The zero-order valence-electron chi connectivity index (χ0n) is 8.42. The van der Waals surface area contributed by atoms with E-state index >= 15 is 0 Å². The van der Waals surface area contributed by atoms with Crippen LogP contribution in [-0.2, 0) is 14.3 Å². The molecule has 1 heterocycles. The average Bonchev–Trinajstić information content (AvgIpc) is 2.41. The standard InChI is InChI=1S/C10H16O3/c1-4-7-8(5-2)10(12-6-3)13-9(7)11/h10H,4-6H2,1-3H3. The van der Waals surface area contributed by atoms with Crippen LogP contribution in [0.4, 0.5) is 0 Å². The number of rotatable bonds is 4. The second-order valence-electron chi connectivity index (χ2n) is 2.90. The van der Waals surface area contributed by atoms with Crippen molar-refractivity contribution in [2.24, 2.45) is 0 Å². The van der Waals surface area contributed by atoms with E-state index in [4.69, 9.17) is 9.47 Å². The van der Waals surface area contributed by atoms with Crippen molar-refractivity contribution in [3.8, 4) is 0 Å². The molecule has 0 aromatic carbocycles. The van der Waals surface area contributed by atoms with Crippen molar-refractivity contribution < 1.29 is 14.3 Å². The Morgan fingerprint density at radius 1 is 1.31 bits per heavy atom. The van der Waals surface area contributed by atoms with E-state index in [-0.39, 0.29) is 5.97 Å². The topological polar surface area (TPSA) is 35.5 Å². The summed E-state index contributed by atoms with van der Waals surface area (Å²) >= 11 is 0. The molecule has 1 aliphatic heterocycles. The van der Waals surface area contributed by atoms with Crippen LogP contribution < -0.4 is 0 Å². The molecule has 13 heavy (non-hydrogen) atoms. The van der Waals surface area contributed by atoms with Crippen molar-refractivity contribution in [1.82, 2.24) is 0 Å².